The van der Waals surface area contributed by atoms with E-state index in [1.165, 1.54) is 0 Å². The van der Waals surface area contributed by atoms with Crippen LogP contribution < -0.4 is 14.4 Å². The number of allylic oxidation sites excluding steroid dienone is 2. The van der Waals surface area contributed by atoms with Crippen molar-refractivity contribution in [1.29, 1.82) is 5.26 Å². The quantitative estimate of drug-likeness (QED) is 0.167. The Bertz CT molecular complexity index is 1900. The van der Waals surface area contributed by atoms with Crippen molar-refractivity contribution in [1.82, 2.24) is 4.57 Å². The first-order valence-electron chi connectivity index (χ1n) is 13.7. The van der Waals surface area contributed by atoms with Crippen molar-refractivity contribution in [2.24, 2.45) is 0 Å². The fourth-order valence-electron chi connectivity index (χ4n) is 5.36. The van der Waals surface area contributed by atoms with Crippen LogP contribution >= 0.6 is 0 Å². The Kier molecular flexibility index (Phi) is 9.57. The average Bonchev–Trinajstić information content (AvgIpc) is 3.41. The molecule has 0 bridgehead atoms. The lowest BCUT2D eigenvalue weighted by molar-refractivity contribution is -0.670. The Balaban J connectivity index is 1.79. The maximum Gasteiger partial charge on any atom is 0.282 e. The van der Waals surface area contributed by atoms with Crippen molar-refractivity contribution in [3.8, 4) is 6.07 Å². The zero-order chi connectivity index (χ0) is 31.4. The van der Waals surface area contributed by atoms with Crippen LogP contribution in [0.15, 0.2) is 54.4 Å². The minimum absolute atomic E-state index is 0.0940. The topological polar surface area (TPSA) is 158 Å². The lowest BCUT2D eigenvalue weighted by Crippen LogP contribution is -2.35. The average molecular weight is 624 g/mol. The highest BCUT2D eigenvalue weighted by Crippen LogP contribution is 2.42. The minimum Gasteiger partial charge on any atom is -0.748 e. The van der Waals surface area contributed by atoms with Gasteiger partial charge in [-0.15, -0.1) is 0 Å². The van der Waals surface area contributed by atoms with Gasteiger partial charge in [0.2, 0.25) is 0 Å². The SMILES string of the molecule is [C-]#[N+]c1ccc2c(c1)n(CCCS(=O)(=O)[O-])c(C=CC=C1N(CC)c3ccc(C#N)cc3N1CCCS(=O)(=O)[O-])[n+]2CC. The van der Waals surface area contributed by atoms with E-state index in [4.69, 9.17) is 6.57 Å². The second kappa shape index (κ2) is 13.0. The van der Waals surface area contributed by atoms with Gasteiger partial charge in [-0.3, -0.25) is 0 Å². The van der Waals surface area contributed by atoms with E-state index in [1.807, 2.05) is 63.1 Å². The number of anilines is 2. The van der Waals surface area contributed by atoms with E-state index in [0.717, 1.165) is 34.1 Å². The number of benzene rings is 2. The summed E-state index contributed by atoms with van der Waals surface area (Å²) >= 11 is 0. The fraction of sp³-hybridized carbons (Fsp3) is 0.345. The number of aryl methyl sites for hydroxylation is 2. The van der Waals surface area contributed by atoms with Crippen molar-refractivity contribution in [3.63, 3.8) is 0 Å². The third-order valence-electron chi connectivity index (χ3n) is 7.14. The molecule has 0 unspecified atom stereocenters. The zero-order valence-electron chi connectivity index (χ0n) is 23.8. The van der Waals surface area contributed by atoms with Crippen molar-refractivity contribution in [3.05, 3.63) is 77.2 Å². The van der Waals surface area contributed by atoms with Crippen LogP contribution in [0.3, 0.4) is 0 Å². The maximum atomic E-state index is 11.3. The molecule has 0 amide bonds. The normalized spacial score (nSPS) is 14.5. The summed E-state index contributed by atoms with van der Waals surface area (Å²) in [6, 6.07) is 12.7. The summed E-state index contributed by atoms with van der Waals surface area (Å²) in [5.74, 6) is 0.422. The third-order valence-corrected chi connectivity index (χ3v) is 8.71. The first-order valence-corrected chi connectivity index (χ1v) is 16.8. The summed E-state index contributed by atoms with van der Waals surface area (Å²) in [5.41, 5.74) is 4.03. The lowest BCUT2D eigenvalue weighted by atomic mass is 10.2. The number of nitrogens with zero attached hydrogens (tertiary/aromatic N) is 6. The minimum atomic E-state index is -4.40. The molecule has 12 nitrogen and oxygen atoms in total. The van der Waals surface area contributed by atoms with Crippen LogP contribution in [0.2, 0.25) is 0 Å². The molecule has 0 radical (unpaired) electrons. The Labute approximate surface area is 251 Å². The summed E-state index contributed by atoms with van der Waals surface area (Å²) in [6.07, 6.45) is 5.73. The largest absolute Gasteiger partial charge is 0.748 e. The first kappa shape index (κ1) is 31.7. The van der Waals surface area contributed by atoms with E-state index in [-0.39, 0.29) is 25.9 Å². The molecule has 3 aromatic rings. The maximum absolute atomic E-state index is 11.3. The standard InChI is InChI=1S/C29H32N6O6S2/c1-4-32-24-13-11-22(21-30)19-26(24)34(15-7-17-42(36,37)38)28(32)9-6-10-29-33(5-2)25-14-12-23(31-3)20-27(25)35(29)16-8-18-43(39,40)41/h6,9-14,19-20H,4-5,7-8,15-18H2,1-2H3,(H-,36,37,38,39,40,41)/p-1. The monoisotopic (exact) mass is 623 g/mol. The number of hydrogen-bond donors (Lipinski definition) is 0. The van der Waals surface area contributed by atoms with Crippen LogP contribution in [-0.4, -0.2) is 55.1 Å². The van der Waals surface area contributed by atoms with Gasteiger partial charge < -0.3 is 18.9 Å². The van der Waals surface area contributed by atoms with Gasteiger partial charge in [-0.25, -0.2) is 30.8 Å². The van der Waals surface area contributed by atoms with Crippen molar-refractivity contribution in [2.75, 3.05) is 34.4 Å². The van der Waals surface area contributed by atoms with Gasteiger partial charge in [-0.2, -0.15) is 5.26 Å². The molecule has 0 spiro atoms. The number of imidazole rings is 1. The molecule has 14 heteroatoms. The van der Waals surface area contributed by atoms with E-state index in [0.29, 0.717) is 24.3 Å². The molecule has 0 saturated carbocycles. The molecule has 2 heterocycles. The van der Waals surface area contributed by atoms with Gasteiger partial charge in [-0.05, 0) is 63.1 Å². The van der Waals surface area contributed by atoms with Crippen LogP contribution in [0.5, 0.6) is 0 Å². The van der Waals surface area contributed by atoms with E-state index in [2.05, 4.69) is 10.9 Å². The van der Waals surface area contributed by atoms with Gasteiger partial charge >= 0.3 is 0 Å². The van der Waals surface area contributed by atoms with Gasteiger partial charge in [0, 0.05) is 30.7 Å². The first-order chi connectivity index (χ1) is 20.4. The summed E-state index contributed by atoms with van der Waals surface area (Å²) in [5, 5.41) is 9.47. The summed E-state index contributed by atoms with van der Waals surface area (Å²) < 4.78 is 71.7. The van der Waals surface area contributed by atoms with Crippen molar-refractivity contribution in [2.45, 2.75) is 39.8 Å². The molecule has 1 aliphatic heterocycles. The van der Waals surface area contributed by atoms with Crippen LogP contribution in [0, 0.1) is 17.9 Å². The summed E-state index contributed by atoms with van der Waals surface area (Å²) in [4.78, 5) is 7.44. The van der Waals surface area contributed by atoms with E-state index < -0.39 is 31.7 Å². The van der Waals surface area contributed by atoms with Gasteiger partial charge in [0.15, 0.2) is 16.7 Å². The van der Waals surface area contributed by atoms with Crippen LogP contribution in [0.1, 0.15) is 38.1 Å². The van der Waals surface area contributed by atoms with Gasteiger partial charge in [-0.1, -0.05) is 12.1 Å². The second-order valence-electron chi connectivity index (χ2n) is 9.86. The Morgan fingerprint density at radius 1 is 0.977 bits per heavy atom. The number of aromatic nitrogens is 2. The number of nitriles is 1. The molecule has 2 aromatic carbocycles. The molecule has 0 fully saturated rings. The van der Waals surface area contributed by atoms with Crippen molar-refractivity contribution >= 4 is 54.4 Å². The Morgan fingerprint density at radius 2 is 1.67 bits per heavy atom. The fourth-order valence-corrected chi connectivity index (χ4v) is 6.33. The summed E-state index contributed by atoms with van der Waals surface area (Å²) in [6.45, 7) is 13.0. The second-order valence-corrected chi connectivity index (χ2v) is 12.9. The van der Waals surface area contributed by atoms with Gasteiger partial charge in [0.05, 0.1) is 62.9 Å². The number of fused-ring (bicyclic) bond motifs is 2. The molecule has 43 heavy (non-hydrogen) atoms. The van der Waals surface area contributed by atoms with Crippen molar-refractivity contribution < 1.29 is 30.5 Å². The van der Waals surface area contributed by atoms with E-state index in [9.17, 15) is 31.2 Å². The smallest absolute Gasteiger partial charge is 0.282 e. The van der Waals surface area contributed by atoms with E-state index in [1.54, 1.807) is 24.3 Å². The van der Waals surface area contributed by atoms with E-state index >= 15 is 0 Å². The highest BCUT2D eigenvalue weighted by molar-refractivity contribution is 7.85. The highest BCUT2D eigenvalue weighted by atomic mass is 32.2. The molecule has 1 aliphatic rings. The van der Waals surface area contributed by atoms with Gasteiger partial charge in [0.1, 0.15) is 5.82 Å². The van der Waals surface area contributed by atoms with Crippen LogP contribution in [-0.2, 0) is 33.3 Å². The molecular weight excluding hydrogens is 592 g/mol. The summed E-state index contributed by atoms with van der Waals surface area (Å²) in [7, 11) is -8.80. The molecule has 0 saturated heterocycles. The molecule has 226 valence electrons. The molecule has 1 aromatic heterocycles. The number of rotatable bonds is 12. The predicted octanol–water partition coefficient (Wildman–Crippen LogP) is 3.44. The molecule has 0 N–H and O–H groups in total. The number of hydrogen-bond acceptors (Lipinski definition) is 9. The Morgan fingerprint density at radius 3 is 2.28 bits per heavy atom. The molecular formula is C29H31N6O6S2-. The van der Waals surface area contributed by atoms with Crippen LogP contribution in [0.25, 0.3) is 22.0 Å². The van der Waals surface area contributed by atoms with Crippen LogP contribution in [0.4, 0.5) is 17.1 Å². The molecule has 4 rings (SSSR count). The lowest BCUT2D eigenvalue weighted by Gasteiger charge is -2.24. The molecule has 0 atom stereocenters. The predicted molar refractivity (Wildman–Crippen MR) is 161 cm³/mol. The van der Waals surface area contributed by atoms with Gasteiger partial charge in [0.25, 0.3) is 5.82 Å². The highest BCUT2D eigenvalue weighted by Gasteiger charge is 2.30. The molecule has 0 aliphatic carbocycles. The Hall–Kier alpha value is -4.21. The third kappa shape index (κ3) is 7.24. The zero-order valence-corrected chi connectivity index (χ0v) is 25.4.